The molecular formula is OS8. The maximum absolute atomic E-state index is 10.5. The second-order valence-electron chi connectivity index (χ2n) is 0.680. The molecule has 9 heteroatoms. The minimum atomic E-state index is -1.39. The van der Waals surface area contributed by atoms with Gasteiger partial charge in [0.1, 0.15) is 7.92 Å². The standard InChI is InChI=1S/OS8/c1-7(3)9(5)8(4)6-2. The summed E-state index contributed by atoms with van der Waals surface area (Å²) in [5, 5.41) is 0. The van der Waals surface area contributed by atoms with Gasteiger partial charge in [-0.3, -0.25) is 0 Å². The van der Waals surface area contributed by atoms with E-state index in [1.54, 1.807) is 0 Å². The van der Waals surface area contributed by atoms with Gasteiger partial charge in [0, 0.05) is 66.8 Å². The maximum atomic E-state index is 10.5. The molecule has 0 rings (SSSR count). The molecule has 0 aliphatic rings. The first kappa shape index (κ1) is 10.6. The van der Waals surface area contributed by atoms with Gasteiger partial charge in [0.15, 0.2) is 0 Å². The van der Waals surface area contributed by atoms with Crippen molar-refractivity contribution in [3.8, 4) is 0 Å². The average Bonchev–Trinajstić information content (AvgIpc) is 1.84. The van der Waals surface area contributed by atoms with E-state index in [2.05, 4.69) is 22.4 Å². The van der Waals surface area contributed by atoms with Crippen LogP contribution in [0.1, 0.15) is 0 Å². The third-order valence-electron chi connectivity index (χ3n) is 0.278. The highest BCUT2D eigenvalue weighted by molar-refractivity contribution is 8.86. The fourth-order valence-electron chi connectivity index (χ4n) is 0.0680. The zero-order valence-corrected chi connectivity index (χ0v) is 10.2. The predicted octanol–water partition coefficient (Wildman–Crippen LogP) is -0.353. The van der Waals surface area contributed by atoms with Crippen LogP contribution >= 0.6 is 0 Å². The van der Waals surface area contributed by atoms with Gasteiger partial charge in [-0.2, -0.15) is 0 Å². The summed E-state index contributed by atoms with van der Waals surface area (Å²) in [6.45, 7) is -1.39. The van der Waals surface area contributed by atoms with Crippen LogP contribution in [0.4, 0.5) is 0 Å². The molecule has 0 atom stereocenters. The molecule has 9 heavy (non-hydrogen) atoms. The SMILES string of the molecule is O=S(=S)=S(=S)=S(=S)=S=S. The van der Waals surface area contributed by atoms with Crippen molar-refractivity contribution >= 4 is 74.7 Å². The van der Waals surface area contributed by atoms with Gasteiger partial charge < -0.3 is 0 Å². The van der Waals surface area contributed by atoms with Crippen LogP contribution in [0.2, 0.25) is 0 Å². The second kappa shape index (κ2) is 5.24. The highest BCUT2D eigenvalue weighted by Crippen LogP contribution is 1.52. The highest BCUT2D eigenvalue weighted by atomic mass is 33.6. The van der Waals surface area contributed by atoms with E-state index in [1.807, 2.05) is 0 Å². The van der Waals surface area contributed by atoms with Gasteiger partial charge in [0.05, 0.1) is 0 Å². The Labute approximate surface area is 77.9 Å². The van der Waals surface area contributed by atoms with E-state index in [1.165, 1.54) is 0 Å². The van der Waals surface area contributed by atoms with Crippen molar-refractivity contribution in [2.45, 2.75) is 0 Å². The lowest BCUT2D eigenvalue weighted by molar-refractivity contribution is 0.701. The molecule has 0 radical (unpaired) electrons. The van der Waals surface area contributed by atoms with E-state index < -0.39 is 21.1 Å². The molecule has 0 amide bonds. The Hall–Kier alpha value is 1.56. The van der Waals surface area contributed by atoms with Crippen LogP contribution in [0, 0.1) is 0 Å². The van der Waals surface area contributed by atoms with E-state index in [-0.39, 0.29) is 0 Å². The summed E-state index contributed by atoms with van der Waals surface area (Å²) in [4.78, 5) is 0. The van der Waals surface area contributed by atoms with Crippen LogP contribution in [0.3, 0.4) is 0 Å². The molecule has 0 heterocycles. The van der Waals surface area contributed by atoms with Crippen LogP contribution in [-0.4, -0.2) is 4.21 Å². The van der Waals surface area contributed by atoms with Crippen molar-refractivity contribution in [1.82, 2.24) is 0 Å². The Kier molecular flexibility index (Phi) is 6.15. The normalized spacial score (nSPS) is 8.00. The van der Waals surface area contributed by atoms with Crippen LogP contribution in [0.5, 0.6) is 0 Å². The average molecular weight is 273 g/mol. The third-order valence-corrected chi connectivity index (χ3v) is 19.5. The van der Waals surface area contributed by atoms with Crippen molar-refractivity contribution in [2.75, 3.05) is 0 Å². The smallest absolute Gasteiger partial charge is 0.142 e. The summed E-state index contributed by atoms with van der Waals surface area (Å²) in [6.07, 6.45) is 0. The monoisotopic (exact) mass is 272 g/mol. The molecule has 0 fully saturated rings. The number of rotatable bonds is 0. The van der Waals surface area contributed by atoms with Gasteiger partial charge >= 0.3 is 0 Å². The van der Waals surface area contributed by atoms with Crippen molar-refractivity contribution in [3.63, 3.8) is 0 Å². The number of hydrogen-bond acceptors (Lipinski definition) is 5. The van der Waals surface area contributed by atoms with Gasteiger partial charge in [0.2, 0.25) is 0 Å². The Bertz CT molecular complexity index is 451. The fraction of sp³-hybridized carbons (Fsp3) is 0. The maximum Gasteiger partial charge on any atom is 0.142 e. The molecule has 0 aromatic heterocycles. The minimum absolute atomic E-state index is 0.599. The van der Waals surface area contributed by atoms with Crippen LogP contribution in [-0.2, 0) is 74.7 Å². The van der Waals surface area contributed by atoms with E-state index in [0.717, 1.165) is 8.88 Å². The second-order valence-corrected chi connectivity index (χ2v) is 15.9. The molecule has 0 saturated carbocycles. The molecule has 0 aliphatic heterocycles. The first-order chi connectivity index (χ1) is 4.09. The van der Waals surface area contributed by atoms with E-state index >= 15 is 0 Å². The summed E-state index contributed by atoms with van der Waals surface area (Å²) in [5.74, 6) is 0. The quantitative estimate of drug-likeness (QED) is 0.598. The Morgan fingerprint density at radius 2 is 1.67 bits per heavy atom. The third kappa shape index (κ3) is 4.09. The molecule has 1 nitrogen and oxygen atoms in total. The Morgan fingerprint density at radius 1 is 1.22 bits per heavy atom. The van der Waals surface area contributed by atoms with Gasteiger partial charge in [-0.1, -0.05) is 0 Å². The molecule has 54 valence electrons. The van der Waals surface area contributed by atoms with Gasteiger partial charge in [-0.15, -0.1) is 0 Å². The lowest BCUT2D eigenvalue weighted by atomic mass is 16.0. The zero-order valence-electron chi connectivity index (χ0n) is 3.67. The van der Waals surface area contributed by atoms with Crippen molar-refractivity contribution in [3.05, 3.63) is 0 Å². The predicted molar refractivity (Wildman–Crippen MR) is 59.7 cm³/mol. The molecular weight excluding hydrogens is 273 g/mol. The van der Waals surface area contributed by atoms with Crippen molar-refractivity contribution in [1.29, 1.82) is 0 Å². The van der Waals surface area contributed by atoms with Crippen LogP contribution in [0.25, 0.3) is 0 Å². The Balaban J connectivity index is 7.15. The van der Waals surface area contributed by atoms with Crippen LogP contribution in [0.15, 0.2) is 0 Å². The van der Waals surface area contributed by atoms with E-state index in [4.69, 9.17) is 22.4 Å². The largest absolute Gasteiger partial charge is 0.202 e. The lowest BCUT2D eigenvalue weighted by Crippen LogP contribution is -1.55. The molecule has 0 spiro atoms. The van der Waals surface area contributed by atoms with Gasteiger partial charge in [-0.05, 0) is 0 Å². The summed E-state index contributed by atoms with van der Waals surface area (Å²) in [5.41, 5.74) is 0. The topological polar surface area (TPSA) is 17.1 Å². The minimum Gasteiger partial charge on any atom is -0.202 e. The van der Waals surface area contributed by atoms with Crippen LogP contribution < -0.4 is 0 Å². The number of hydrogen-bond donors (Lipinski definition) is 0. The fourth-order valence-corrected chi connectivity index (χ4v) is 12.9. The van der Waals surface area contributed by atoms with E-state index in [0.29, 0.717) is 0 Å². The lowest BCUT2D eigenvalue weighted by Gasteiger charge is -1.50. The first-order valence-electron chi connectivity index (χ1n) is 1.33. The summed E-state index contributed by atoms with van der Waals surface area (Å²) in [6, 6.07) is 0. The Morgan fingerprint density at radius 3 is 1.78 bits per heavy atom. The highest BCUT2D eigenvalue weighted by Gasteiger charge is 1.57. The van der Waals surface area contributed by atoms with Gasteiger partial charge in [0.25, 0.3) is 0 Å². The molecule has 0 aromatic carbocycles. The van der Waals surface area contributed by atoms with Crippen molar-refractivity contribution < 1.29 is 4.21 Å². The summed E-state index contributed by atoms with van der Waals surface area (Å²) >= 11 is 18.5. The zero-order chi connectivity index (χ0) is 7.44. The molecule has 0 aliphatic carbocycles. The molecule has 0 saturated heterocycles. The van der Waals surface area contributed by atoms with Crippen molar-refractivity contribution in [2.24, 2.45) is 0 Å². The molecule has 0 bridgehead atoms. The summed E-state index contributed by atoms with van der Waals surface area (Å²) in [7, 11) is -0.358. The first-order valence-corrected chi connectivity index (χ1v) is 11.0. The van der Waals surface area contributed by atoms with E-state index in [9.17, 15) is 4.21 Å². The molecule has 0 unspecified atom stereocenters. The molecule has 0 N–H and O–H groups in total. The summed E-state index contributed by atoms with van der Waals surface area (Å²) < 4.78 is 10.5. The van der Waals surface area contributed by atoms with Gasteiger partial charge in [-0.25, -0.2) is 4.21 Å². The molecule has 0 aromatic rings.